The lowest BCUT2D eigenvalue weighted by atomic mass is 10.0. The Hall–Kier alpha value is -1.59. The number of benzene rings is 1. The first kappa shape index (κ1) is 10.9. The fourth-order valence-corrected chi connectivity index (χ4v) is 2.08. The summed E-state index contributed by atoms with van der Waals surface area (Å²) >= 11 is 0. The second kappa shape index (κ2) is 4.96. The molecule has 2 heteroatoms. The van der Waals surface area contributed by atoms with Gasteiger partial charge in [0.2, 0.25) is 0 Å². The Morgan fingerprint density at radius 2 is 2.12 bits per heavy atom. The molecular formula is C14H16N2. The highest BCUT2D eigenvalue weighted by atomic mass is 14.9. The highest BCUT2D eigenvalue weighted by molar-refractivity contribution is 5.34. The van der Waals surface area contributed by atoms with Crippen LogP contribution >= 0.6 is 0 Å². The van der Waals surface area contributed by atoms with Crippen LogP contribution in [0.25, 0.3) is 0 Å². The van der Waals surface area contributed by atoms with Crippen molar-refractivity contribution in [2.24, 2.45) is 0 Å². The van der Waals surface area contributed by atoms with E-state index in [1.165, 1.54) is 5.56 Å². The van der Waals surface area contributed by atoms with Crippen molar-refractivity contribution in [3.63, 3.8) is 0 Å². The summed E-state index contributed by atoms with van der Waals surface area (Å²) in [6.07, 6.45) is 6.66. The van der Waals surface area contributed by atoms with Crippen LogP contribution in [0.4, 0.5) is 0 Å². The van der Waals surface area contributed by atoms with Gasteiger partial charge >= 0.3 is 0 Å². The number of hydrogen-bond donors (Lipinski definition) is 1. The van der Waals surface area contributed by atoms with Crippen molar-refractivity contribution in [3.8, 4) is 6.07 Å². The number of nitrogens with zero attached hydrogens (tertiary/aromatic N) is 1. The molecule has 1 aliphatic carbocycles. The van der Waals surface area contributed by atoms with Gasteiger partial charge < -0.3 is 5.32 Å². The third-order valence-electron chi connectivity index (χ3n) is 3.01. The number of hydrogen-bond acceptors (Lipinski definition) is 2. The molecule has 0 spiro atoms. The van der Waals surface area contributed by atoms with Gasteiger partial charge in [0.1, 0.15) is 0 Å². The molecule has 82 valence electrons. The zero-order chi connectivity index (χ0) is 11.4. The lowest BCUT2D eigenvalue weighted by Gasteiger charge is -2.19. The molecule has 2 rings (SSSR count). The first-order valence-electron chi connectivity index (χ1n) is 5.70. The van der Waals surface area contributed by atoms with Crippen LogP contribution in [-0.2, 0) is 0 Å². The molecule has 0 radical (unpaired) electrons. The van der Waals surface area contributed by atoms with Gasteiger partial charge in [0.05, 0.1) is 11.6 Å². The summed E-state index contributed by atoms with van der Waals surface area (Å²) in [6, 6.07) is 10.8. The van der Waals surface area contributed by atoms with Gasteiger partial charge in [-0.15, -0.1) is 0 Å². The van der Waals surface area contributed by atoms with Gasteiger partial charge in [0.25, 0.3) is 0 Å². The molecule has 1 aromatic carbocycles. The second-order valence-corrected chi connectivity index (χ2v) is 4.27. The summed E-state index contributed by atoms with van der Waals surface area (Å²) in [7, 11) is 0. The molecule has 0 saturated heterocycles. The number of nitriles is 1. The quantitative estimate of drug-likeness (QED) is 0.782. The molecule has 1 aliphatic rings. The smallest absolute Gasteiger partial charge is 0.0991 e. The fourth-order valence-electron chi connectivity index (χ4n) is 2.08. The molecule has 2 nitrogen and oxygen atoms in total. The van der Waals surface area contributed by atoms with E-state index in [2.05, 4.69) is 36.5 Å². The van der Waals surface area contributed by atoms with Crippen molar-refractivity contribution in [1.29, 1.82) is 5.26 Å². The lowest BCUT2D eigenvalue weighted by Crippen LogP contribution is -2.29. The molecule has 1 N–H and O–H groups in total. The van der Waals surface area contributed by atoms with Crippen LogP contribution in [0, 0.1) is 11.3 Å². The maximum absolute atomic E-state index is 8.85. The molecule has 16 heavy (non-hydrogen) atoms. The minimum Gasteiger partial charge on any atom is -0.307 e. The molecule has 0 fully saturated rings. The van der Waals surface area contributed by atoms with E-state index in [0.717, 1.165) is 18.4 Å². The third-order valence-corrected chi connectivity index (χ3v) is 3.01. The standard InChI is InChI=1S/C14H16N2/c1-11(16-14-7-2-3-8-14)13-6-4-5-12(9-13)10-15/h2-6,9,11,14,16H,7-8H2,1H3. The summed E-state index contributed by atoms with van der Waals surface area (Å²) in [5, 5.41) is 12.4. The predicted molar refractivity (Wildman–Crippen MR) is 64.9 cm³/mol. The number of rotatable bonds is 3. The van der Waals surface area contributed by atoms with Crippen LogP contribution in [0.2, 0.25) is 0 Å². The van der Waals surface area contributed by atoms with E-state index in [4.69, 9.17) is 5.26 Å². The van der Waals surface area contributed by atoms with Gasteiger partial charge in [-0.25, -0.2) is 0 Å². The SMILES string of the molecule is CC(NC1CC=CC1)c1cccc(C#N)c1. The summed E-state index contributed by atoms with van der Waals surface area (Å²) in [5.74, 6) is 0. The van der Waals surface area contributed by atoms with Crippen molar-refractivity contribution in [3.05, 3.63) is 47.5 Å². The van der Waals surface area contributed by atoms with E-state index in [0.29, 0.717) is 12.1 Å². The molecular weight excluding hydrogens is 196 g/mol. The summed E-state index contributed by atoms with van der Waals surface area (Å²) < 4.78 is 0. The Labute approximate surface area is 96.6 Å². The molecule has 0 saturated carbocycles. The molecule has 0 aromatic heterocycles. The van der Waals surface area contributed by atoms with Crippen LogP contribution in [-0.4, -0.2) is 6.04 Å². The molecule has 0 heterocycles. The molecule has 0 bridgehead atoms. The van der Waals surface area contributed by atoms with Gasteiger partial charge in [-0.2, -0.15) is 5.26 Å². The van der Waals surface area contributed by atoms with Gasteiger partial charge in [-0.05, 0) is 37.5 Å². The molecule has 0 amide bonds. The minimum absolute atomic E-state index is 0.304. The minimum atomic E-state index is 0.304. The average Bonchev–Trinajstić information content (AvgIpc) is 2.82. The zero-order valence-electron chi connectivity index (χ0n) is 9.48. The summed E-state index contributed by atoms with van der Waals surface area (Å²) in [4.78, 5) is 0. The Morgan fingerprint density at radius 3 is 2.81 bits per heavy atom. The summed E-state index contributed by atoms with van der Waals surface area (Å²) in [6.45, 7) is 2.15. The van der Waals surface area contributed by atoms with E-state index in [9.17, 15) is 0 Å². The van der Waals surface area contributed by atoms with E-state index in [1.807, 2.05) is 18.2 Å². The van der Waals surface area contributed by atoms with Gasteiger partial charge in [0.15, 0.2) is 0 Å². The average molecular weight is 212 g/mol. The van der Waals surface area contributed by atoms with Gasteiger partial charge in [0, 0.05) is 12.1 Å². The van der Waals surface area contributed by atoms with Crippen molar-refractivity contribution in [1.82, 2.24) is 5.32 Å². The maximum atomic E-state index is 8.85. The van der Waals surface area contributed by atoms with E-state index < -0.39 is 0 Å². The van der Waals surface area contributed by atoms with E-state index in [-0.39, 0.29) is 0 Å². The van der Waals surface area contributed by atoms with Crippen LogP contribution in [0.1, 0.15) is 36.9 Å². The van der Waals surface area contributed by atoms with Crippen molar-refractivity contribution in [2.45, 2.75) is 31.8 Å². The lowest BCUT2D eigenvalue weighted by molar-refractivity contribution is 0.471. The first-order valence-corrected chi connectivity index (χ1v) is 5.70. The third kappa shape index (κ3) is 2.50. The van der Waals surface area contributed by atoms with E-state index >= 15 is 0 Å². The normalized spacial score (nSPS) is 17.2. The first-order chi connectivity index (χ1) is 7.79. The Morgan fingerprint density at radius 1 is 1.38 bits per heavy atom. The zero-order valence-corrected chi connectivity index (χ0v) is 9.48. The van der Waals surface area contributed by atoms with Crippen LogP contribution in [0.5, 0.6) is 0 Å². The van der Waals surface area contributed by atoms with Crippen molar-refractivity contribution >= 4 is 0 Å². The second-order valence-electron chi connectivity index (χ2n) is 4.27. The predicted octanol–water partition coefficient (Wildman–Crippen LogP) is 2.93. The largest absolute Gasteiger partial charge is 0.307 e. The van der Waals surface area contributed by atoms with Crippen LogP contribution < -0.4 is 5.32 Å². The molecule has 1 atom stereocenters. The summed E-state index contributed by atoms with van der Waals surface area (Å²) in [5.41, 5.74) is 1.92. The van der Waals surface area contributed by atoms with Crippen LogP contribution in [0.3, 0.4) is 0 Å². The van der Waals surface area contributed by atoms with Gasteiger partial charge in [-0.1, -0.05) is 24.3 Å². The Bertz CT molecular complexity index is 421. The monoisotopic (exact) mass is 212 g/mol. The van der Waals surface area contributed by atoms with Crippen LogP contribution in [0.15, 0.2) is 36.4 Å². The van der Waals surface area contributed by atoms with Gasteiger partial charge in [-0.3, -0.25) is 0 Å². The fraction of sp³-hybridized carbons (Fsp3) is 0.357. The molecule has 1 unspecified atom stereocenters. The maximum Gasteiger partial charge on any atom is 0.0991 e. The highest BCUT2D eigenvalue weighted by Crippen LogP contribution is 2.18. The van der Waals surface area contributed by atoms with E-state index in [1.54, 1.807) is 0 Å². The highest BCUT2D eigenvalue weighted by Gasteiger charge is 2.14. The van der Waals surface area contributed by atoms with Crippen molar-refractivity contribution in [2.75, 3.05) is 0 Å². The Balaban J connectivity index is 2.02. The molecule has 0 aliphatic heterocycles. The Kier molecular flexibility index (Phi) is 3.38. The van der Waals surface area contributed by atoms with Crippen molar-refractivity contribution < 1.29 is 0 Å². The molecule has 1 aromatic rings. The topological polar surface area (TPSA) is 35.8 Å². The number of nitrogens with one attached hydrogen (secondary N) is 1.